The highest BCUT2D eigenvalue weighted by Gasteiger charge is 2.31. The van der Waals surface area contributed by atoms with Crippen LogP contribution in [0, 0.1) is 11.3 Å². The number of hydrogen-bond acceptors (Lipinski definition) is 4. The maximum atomic E-state index is 12.1. The summed E-state index contributed by atoms with van der Waals surface area (Å²) < 4.78 is 5.55. The molecule has 94 valence electrons. The number of hydrogen-bond donors (Lipinski definition) is 1. The molecule has 5 nitrogen and oxygen atoms in total. The summed E-state index contributed by atoms with van der Waals surface area (Å²) in [6, 6.07) is 7.65. The van der Waals surface area contributed by atoms with Gasteiger partial charge in [-0.25, -0.2) is 0 Å². The molecule has 1 atom stereocenters. The lowest BCUT2D eigenvalue weighted by Gasteiger charge is -2.32. The number of carbonyl (C=O) groups excluding carboxylic acids is 1. The molecule has 0 saturated carbocycles. The summed E-state index contributed by atoms with van der Waals surface area (Å²) in [5.74, 6) is 0.574. The summed E-state index contributed by atoms with van der Waals surface area (Å²) >= 11 is 0. The fourth-order valence-electron chi connectivity index (χ4n) is 1.95. The topological polar surface area (TPSA) is 65.4 Å². The monoisotopic (exact) mass is 245 g/mol. The van der Waals surface area contributed by atoms with Gasteiger partial charge >= 0.3 is 0 Å². The van der Waals surface area contributed by atoms with E-state index in [4.69, 9.17) is 10.00 Å². The Bertz CT molecular complexity index is 507. The smallest absolute Gasteiger partial charge is 0.267 e. The number of nitriles is 1. The molecule has 0 radical (unpaired) electrons. The van der Waals surface area contributed by atoms with Crippen LogP contribution in [0.25, 0.3) is 0 Å². The van der Waals surface area contributed by atoms with Crippen LogP contribution in [0.4, 0.5) is 11.4 Å². The predicted molar refractivity (Wildman–Crippen MR) is 68.7 cm³/mol. The van der Waals surface area contributed by atoms with Gasteiger partial charge in [0.1, 0.15) is 5.75 Å². The van der Waals surface area contributed by atoms with Crippen LogP contribution in [0.15, 0.2) is 18.2 Å². The van der Waals surface area contributed by atoms with E-state index in [-0.39, 0.29) is 5.91 Å². The Kier molecular flexibility index (Phi) is 3.38. The van der Waals surface area contributed by atoms with Crippen LogP contribution in [-0.2, 0) is 4.79 Å². The number of benzene rings is 1. The zero-order valence-electron chi connectivity index (χ0n) is 10.4. The minimum absolute atomic E-state index is 0.106. The van der Waals surface area contributed by atoms with E-state index in [2.05, 4.69) is 11.4 Å². The van der Waals surface area contributed by atoms with Crippen molar-refractivity contribution < 1.29 is 9.53 Å². The zero-order valence-corrected chi connectivity index (χ0v) is 10.4. The number of fused-ring (bicyclic) bond motifs is 1. The number of anilines is 2. The number of nitrogens with zero attached hydrogens (tertiary/aromatic N) is 2. The van der Waals surface area contributed by atoms with E-state index in [1.807, 2.05) is 25.2 Å². The molecule has 1 aliphatic rings. The average Bonchev–Trinajstić information content (AvgIpc) is 2.39. The van der Waals surface area contributed by atoms with E-state index < -0.39 is 6.10 Å². The first-order chi connectivity index (χ1) is 8.67. The zero-order chi connectivity index (χ0) is 13.1. The van der Waals surface area contributed by atoms with E-state index in [0.717, 1.165) is 11.4 Å². The quantitative estimate of drug-likeness (QED) is 0.881. The molecule has 1 heterocycles. The number of ether oxygens (including phenoxy) is 1. The standard InChI is InChI=1S/C13H15N3O2/c1-9-13(17)16(7-3-6-14)11-8-10(15-2)4-5-12(11)18-9/h4-5,8-9,15H,3,7H2,1-2H3. The van der Waals surface area contributed by atoms with Crippen molar-refractivity contribution >= 4 is 17.3 Å². The summed E-state index contributed by atoms with van der Waals surface area (Å²) in [5.41, 5.74) is 1.63. The summed E-state index contributed by atoms with van der Waals surface area (Å²) in [7, 11) is 1.81. The fraction of sp³-hybridized carbons (Fsp3) is 0.385. The van der Waals surface area contributed by atoms with Crippen LogP contribution in [-0.4, -0.2) is 25.6 Å². The second kappa shape index (κ2) is 4.96. The van der Waals surface area contributed by atoms with Gasteiger partial charge < -0.3 is 15.0 Å². The number of rotatable bonds is 3. The average molecular weight is 245 g/mol. The molecule has 1 amide bonds. The summed E-state index contributed by atoms with van der Waals surface area (Å²) in [4.78, 5) is 13.7. The molecule has 18 heavy (non-hydrogen) atoms. The number of carbonyl (C=O) groups is 1. The van der Waals surface area contributed by atoms with Crippen molar-refractivity contribution in [3.8, 4) is 11.8 Å². The van der Waals surface area contributed by atoms with Crippen molar-refractivity contribution in [2.75, 3.05) is 23.8 Å². The van der Waals surface area contributed by atoms with Gasteiger partial charge in [-0.15, -0.1) is 0 Å². The lowest BCUT2D eigenvalue weighted by atomic mass is 10.1. The van der Waals surface area contributed by atoms with E-state index in [0.29, 0.717) is 18.7 Å². The number of amides is 1. The summed E-state index contributed by atoms with van der Waals surface area (Å²) in [6.45, 7) is 2.11. The van der Waals surface area contributed by atoms with Gasteiger partial charge in [-0.1, -0.05) is 0 Å². The highest BCUT2D eigenvalue weighted by atomic mass is 16.5. The SMILES string of the molecule is CNc1ccc2c(c1)N(CCC#N)C(=O)C(C)O2. The van der Waals surface area contributed by atoms with Crippen molar-refractivity contribution in [3.63, 3.8) is 0 Å². The summed E-state index contributed by atoms with van der Waals surface area (Å²) in [6.07, 6.45) is -0.196. The molecule has 0 saturated heterocycles. The van der Waals surface area contributed by atoms with Crippen LogP contribution >= 0.6 is 0 Å². The number of nitrogens with one attached hydrogen (secondary N) is 1. The van der Waals surface area contributed by atoms with Gasteiger partial charge in [-0.2, -0.15) is 5.26 Å². The van der Waals surface area contributed by atoms with Crippen LogP contribution in [0.1, 0.15) is 13.3 Å². The van der Waals surface area contributed by atoms with E-state index in [9.17, 15) is 4.79 Å². The minimum Gasteiger partial charge on any atom is -0.479 e. The third-order valence-corrected chi connectivity index (χ3v) is 2.90. The third-order valence-electron chi connectivity index (χ3n) is 2.90. The maximum absolute atomic E-state index is 12.1. The van der Waals surface area contributed by atoms with E-state index in [1.165, 1.54) is 0 Å². The van der Waals surface area contributed by atoms with E-state index in [1.54, 1.807) is 11.8 Å². The largest absolute Gasteiger partial charge is 0.479 e. The van der Waals surface area contributed by atoms with Gasteiger partial charge in [0.25, 0.3) is 5.91 Å². The van der Waals surface area contributed by atoms with E-state index >= 15 is 0 Å². The van der Waals surface area contributed by atoms with Crippen LogP contribution in [0.5, 0.6) is 5.75 Å². The Balaban J connectivity index is 2.40. The highest BCUT2D eigenvalue weighted by Crippen LogP contribution is 2.36. The van der Waals surface area contributed by atoms with Crippen LogP contribution in [0.2, 0.25) is 0 Å². The second-order valence-electron chi connectivity index (χ2n) is 4.09. The van der Waals surface area contributed by atoms with Crippen molar-refractivity contribution in [1.29, 1.82) is 5.26 Å². The molecule has 1 unspecified atom stereocenters. The van der Waals surface area contributed by atoms with Gasteiger partial charge in [0.05, 0.1) is 18.2 Å². The van der Waals surface area contributed by atoms with Crippen LogP contribution < -0.4 is 15.0 Å². The Morgan fingerprint density at radius 2 is 2.33 bits per heavy atom. The normalized spacial score (nSPS) is 17.7. The molecule has 1 aromatic rings. The molecule has 0 fully saturated rings. The molecule has 1 aromatic carbocycles. The predicted octanol–water partition coefficient (Wildman–Crippen LogP) is 1.76. The van der Waals surface area contributed by atoms with Crippen molar-refractivity contribution in [3.05, 3.63) is 18.2 Å². The van der Waals surface area contributed by atoms with Gasteiger partial charge in [-0.05, 0) is 25.1 Å². The Hall–Kier alpha value is -2.22. The molecule has 0 aromatic heterocycles. The van der Waals surface area contributed by atoms with Crippen molar-refractivity contribution in [2.24, 2.45) is 0 Å². The van der Waals surface area contributed by atoms with Gasteiger partial charge in [0.15, 0.2) is 6.10 Å². The maximum Gasteiger partial charge on any atom is 0.267 e. The third kappa shape index (κ3) is 2.09. The first-order valence-electron chi connectivity index (χ1n) is 5.84. The fourth-order valence-corrected chi connectivity index (χ4v) is 1.95. The van der Waals surface area contributed by atoms with Crippen molar-refractivity contribution in [1.82, 2.24) is 0 Å². The highest BCUT2D eigenvalue weighted by molar-refractivity contribution is 6.00. The summed E-state index contributed by atoms with van der Waals surface area (Å²) in [5, 5.41) is 11.7. The molecule has 1 aliphatic heterocycles. The van der Waals surface area contributed by atoms with Crippen molar-refractivity contribution in [2.45, 2.75) is 19.4 Å². The Labute approximate surface area is 106 Å². The van der Waals surface area contributed by atoms with Gasteiger partial charge in [0.2, 0.25) is 0 Å². The molecular formula is C13H15N3O2. The Morgan fingerprint density at radius 3 is 3.00 bits per heavy atom. The first-order valence-corrected chi connectivity index (χ1v) is 5.84. The lowest BCUT2D eigenvalue weighted by molar-refractivity contribution is -0.125. The molecule has 0 spiro atoms. The van der Waals surface area contributed by atoms with Gasteiger partial charge in [0, 0.05) is 19.3 Å². The Morgan fingerprint density at radius 1 is 1.56 bits per heavy atom. The first kappa shape index (κ1) is 12.2. The molecular weight excluding hydrogens is 230 g/mol. The molecule has 0 bridgehead atoms. The lowest BCUT2D eigenvalue weighted by Crippen LogP contribution is -2.44. The molecule has 1 N–H and O–H groups in total. The second-order valence-corrected chi connectivity index (χ2v) is 4.09. The molecule has 0 aliphatic carbocycles. The molecule has 5 heteroatoms. The minimum atomic E-state index is -0.503. The van der Waals surface area contributed by atoms with Gasteiger partial charge in [-0.3, -0.25) is 4.79 Å². The van der Waals surface area contributed by atoms with Crippen LogP contribution in [0.3, 0.4) is 0 Å². The molecule has 2 rings (SSSR count).